The second-order valence-corrected chi connectivity index (χ2v) is 2.10. The lowest BCUT2D eigenvalue weighted by atomic mass is 10.6. The van der Waals surface area contributed by atoms with Crippen LogP contribution in [0.4, 0.5) is 4.79 Å². The molecule has 0 aliphatic rings. The van der Waals surface area contributed by atoms with E-state index < -0.39 is 12.1 Å². The minimum atomic E-state index is -0.809. The Morgan fingerprint density at radius 2 is 1.92 bits per heavy atom. The van der Waals surface area contributed by atoms with Crippen LogP contribution in [0, 0.1) is 0 Å². The van der Waals surface area contributed by atoms with Gasteiger partial charge in [0.1, 0.15) is 5.76 Å². The molecule has 74 valence electrons. The number of carbonyl (C=O) groups is 2. The lowest BCUT2D eigenvalue weighted by Gasteiger charge is -2.05. The Bertz CT molecular complexity index is 209. The van der Waals surface area contributed by atoms with Crippen molar-refractivity contribution in [3.8, 4) is 0 Å². The third-order valence-electron chi connectivity index (χ3n) is 0.901. The summed E-state index contributed by atoms with van der Waals surface area (Å²) in [5, 5.41) is 0. The van der Waals surface area contributed by atoms with Crippen LogP contribution in [0.5, 0.6) is 0 Å². The van der Waals surface area contributed by atoms with Crippen molar-refractivity contribution >= 4 is 12.1 Å². The summed E-state index contributed by atoms with van der Waals surface area (Å²) in [5.41, 5.74) is 0. The summed E-state index contributed by atoms with van der Waals surface area (Å²) in [6.07, 6.45) is -0.809. The molecule has 5 nitrogen and oxygen atoms in total. The average Bonchev–Trinajstić information content (AvgIpc) is 2.00. The molecule has 0 aromatic rings. The van der Waals surface area contributed by atoms with Gasteiger partial charge in [0.05, 0.1) is 6.61 Å². The van der Waals surface area contributed by atoms with Crippen molar-refractivity contribution in [1.29, 1.82) is 0 Å². The lowest BCUT2D eigenvalue weighted by Crippen LogP contribution is -2.11. The van der Waals surface area contributed by atoms with Crippen LogP contribution in [0.3, 0.4) is 0 Å². The van der Waals surface area contributed by atoms with E-state index in [-0.39, 0.29) is 19.0 Å². The molecule has 0 N–H and O–H groups in total. The molecule has 0 bridgehead atoms. The Labute approximate surface area is 76.3 Å². The van der Waals surface area contributed by atoms with Gasteiger partial charge in [0.25, 0.3) is 0 Å². The zero-order chi connectivity index (χ0) is 10.3. The van der Waals surface area contributed by atoms with Gasteiger partial charge in [-0.15, -0.1) is 0 Å². The van der Waals surface area contributed by atoms with Crippen molar-refractivity contribution in [3.63, 3.8) is 0 Å². The van der Waals surface area contributed by atoms with Crippen LogP contribution in [0.15, 0.2) is 12.3 Å². The van der Waals surface area contributed by atoms with Gasteiger partial charge in [-0.2, -0.15) is 0 Å². The molecule has 13 heavy (non-hydrogen) atoms. The average molecular weight is 188 g/mol. The molecule has 0 heterocycles. The number of ether oxygens (including phenoxy) is 3. The third kappa shape index (κ3) is 6.86. The van der Waals surface area contributed by atoms with Gasteiger partial charge in [0.15, 0.2) is 6.61 Å². The second kappa shape index (κ2) is 6.05. The Morgan fingerprint density at radius 3 is 2.38 bits per heavy atom. The van der Waals surface area contributed by atoms with Gasteiger partial charge in [-0.1, -0.05) is 6.58 Å². The normalized spacial score (nSPS) is 8.77. The molecule has 0 aliphatic carbocycles. The predicted molar refractivity (Wildman–Crippen MR) is 43.9 cm³/mol. The van der Waals surface area contributed by atoms with E-state index in [1.54, 1.807) is 6.92 Å². The van der Waals surface area contributed by atoms with Crippen molar-refractivity contribution in [1.82, 2.24) is 0 Å². The van der Waals surface area contributed by atoms with Crippen LogP contribution in [-0.2, 0) is 19.0 Å². The van der Waals surface area contributed by atoms with Crippen LogP contribution >= 0.6 is 0 Å². The molecular weight excluding hydrogens is 176 g/mol. The first-order valence-electron chi connectivity index (χ1n) is 3.72. The minimum absolute atomic E-state index is 0.0700. The predicted octanol–water partition coefficient (Wildman–Crippen LogP) is 1.24. The molecule has 0 aliphatic heterocycles. The van der Waals surface area contributed by atoms with E-state index in [0.29, 0.717) is 0 Å². The molecule has 0 saturated carbocycles. The van der Waals surface area contributed by atoms with E-state index in [1.807, 2.05) is 0 Å². The molecule has 0 unspecified atom stereocenters. The zero-order valence-corrected chi connectivity index (χ0v) is 7.66. The van der Waals surface area contributed by atoms with Gasteiger partial charge < -0.3 is 14.2 Å². The largest absolute Gasteiger partial charge is 0.508 e. The van der Waals surface area contributed by atoms with Gasteiger partial charge >= 0.3 is 12.1 Å². The van der Waals surface area contributed by atoms with Crippen LogP contribution in [0.25, 0.3) is 0 Å². The number of carbonyl (C=O) groups excluding carboxylic acids is 2. The van der Waals surface area contributed by atoms with E-state index in [4.69, 9.17) is 0 Å². The molecule has 0 rings (SSSR count). The molecule has 0 amide bonds. The Hall–Kier alpha value is -1.52. The number of esters is 1. The number of hydrogen-bond acceptors (Lipinski definition) is 5. The maximum atomic E-state index is 10.6. The Kier molecular flexibility index (Phi) is 5.34. The quantitative estimate of drug-likeness (QED) is 0.490. The first-order valence-corrected chi connectivity index (χ1v) is 3.72. The van der Waals surface area contributed by atoms with Crippen LogP contribution in [-0.4, -0.2) is 25.3 Å². The van der Waals surface area contributed by atoms with Crippen molar-refractivity contribution in [3.05, 3.63) is 12.3 Å². The summed E-state index contributed by atoms with van der Waals surface area (Å²) in [5.74, 6) is -0.432. The van der Waals surface area contributed by atoms with Gasteiger partial charge in [-0.05, 0) is 6.92 Å². The summed E-state index contributed by atoms with van der Waals surface area (Å²) in [6.45, 7) is 6.29. The zero-order valence-electron chi connectivity index (χ0n) is 7.66. The molecule has 5 heteroatoms. The van der Waals surface area contributed by atoms with Crippen molar-refractivity contribution in [2.45, 2.75) is 13.8 Å². The van der Waals surface area contributed by atoms with Crippen LogP contribution in [0.2, 0.25) is 0 Å². The van der Waals surface area contributed by atoms with Gasteiger partial charge in [0.2, 0.25) is 0 Å². The molecule has 0 atom stereocenters. The molecule has 0 radical (unpaired) electrons. The first-order chi connectivity index (χ1) is 6.06. The summed E-state index contributed by atoms with van der Waals surface area (Å²) < 4.78 is 13.5. The van der Waals surface area contributed by atoms with Gasteiger partial charge in [-0.3, -0.25) is 4.79 Å². The van der Waals surface area contributed by atoms with Gasteiger partial charge in [-0.25, -0.2) is 4.79 Å². The summed E-state index contributed by atoms with van der Waals surface area (Å²) in [4.78, 5) is 21.0. The topological polar surface area (TPSA) is 61.8 Å². The lowest BCUT2D eigenvalue weighted by molar-refractivity contribution is -0.137. The summed E-state index contributed by atoms with van der Waals surface area (Å²) in [6, 6.07) is 0. The highest BCUT2D eigenvalue weighted by Crippen LogP contribution is 1.96. The summed E-state index contributed by atoms with van der Waals surface area (Å²) in [7, 11) is 0. The standard InChI is InChI=1S/C8H12O5/c1-4-11-8(10)12-5-6(2)13-7(3)9/h2,4-5H2,1,3H3. The fourth-order valence-corrected chi connectivity index (χ4v) is 0.532. The smallest absolute Gasteiger partial charge is 0.435 e. The van der Waals surface area contributed by atoms with E-state index >= 15 is 0 Å². The summed E-state index contributed by atoms with van der Waals surface area (Å²) >= 11 is 0. The van der Waals surface area contributed by atoms with Gasteiger partial charge in [0, 0.05) is 6.92 Å². The van der Waals surface area contributed by atoms with E-state index in [1.165, 1.54) is 6.92 Å². The number of hydrogen-bond donors (Lipinski definition) is 0. The maximum Gasteiger partial charge on any atom is 0.508 e. The van der Waals surface area contributed by atoms with Crippen molar-refractivity contribution in [2.75, 3.05) is 13.2 Å². The molecular formula is C8H12O5. The van der Waals surface area contributed by atoms with E-state index in [2.05, 4.69) is 20.8 Å². The molecule has 0 aromatic carbocycles. The SMILES string of the molecule is C=C(COC(=O)OCC)OC(C)=O. The molecule has 0 aromatic heterocycles. The maximum absolute atomic E-state index is 10.6. The fraction of sp³-hybridized carbons (Fsp3) is 0.500. The fourth-order valence-electron chi connectivity index (χ4n) is 0.532. The second-order valence-electron chi connectivity index (χ2n) is 2.10. The molecule has 0 fully saturated rings. The Morgan fingerprint density at radius 1 is 1.31 bits per heavy atom. The number of rotatable bonds is 4. The van der Waals surface area contributed by atoms with Crippen molar-refractivity contribution in [2.24, 2.45) is 0 Å². The third-order valence-corrected chi connectivity index (χ3v) is 0.901. The highest BCUT2D eigenvalue weighted by Gasteiger charge is 2.05. The van der Waals surface area contributed by atoms with Crippen LogP contribution in [0.1, 0.15) is 13.8 Å². The van der Waals surface area contributed by atoms with E-state index in [0.717, 1.165) is 0 Å². The molecule has 0 saturated heterocycles. The monoisotopic (exact) mass is 188 g/mol. The minimum Gasteiger partial charge on any atom is -0.435 e. The van der Waals surface area contributed by atoms with Crippen LogP contribution < -0.4 is 0 Å². The van der Waals surface area contributed by atoms with Crippen molar-refractivity contribution < 1.29 is 23.8 Å². The highest BCUT2D eigenvalue weighted by atomic mass is 16.7. The van der Waals surface area contributed by atoms with E-state index in [9.17, 15) is 9.59 Å². The highest BCUT2D eigenvalue weighted by molar-refractivity contribution is 5.67. The Balaban J connectivity index is 3.58. The first kappa shape index (κ1) is 11.5. The molecule has 0 spiro atoms.